The number of carboxylic acid groups (broad SMARTS) is 2. The number of aliphatic carboxylic acids is 2. The van der Waals surface area contributed by atoms with Gasteiger partial charge in [0, 0.05) is 36.9 Å². The van der Waals surface area contributed by atoms with E-state index in [9.17, 15) is 31.1 Å². The second kappa shape index (κ2) is 14.1. The van der Waals surface area contributed by atoms with Crippen molar-refractivity contribution in [2.45, 2.75) is 37.7 Å². The topological polar surface area (TPSA) is 133 Å². The van der Waals surface area contributed by atoms with Gasteiger partial charge in [-0.25, -0.2) is 14.6 Å². The van der Waals surface area contributed by atoms with E-state index in [-0.39, 0.29) is 11.9 Å². The monoisotopic (exact) mass is 586 g/mol. The molecule has 1 amide bonds. The van der Waals surface area contributed by atoms with Gasteiger partial charge in [-0.15, -0.1) is 11.3 Å². The summed E-state index contributed by atoms with van der Waals surface area (Å²) in [6, 6.07) is 5.56. The highest BCUT2D eigenvalue weighted by molar-refractivity contribution is 7.13. The fraction of sp³-hybridized carbons (Fsp3) is 0.500. The van der Waals surface area contributed by atoms with Crippen molar-refractivity contribution in [1.82, 2.24) is 14.9 Å². The van der Waals surface area contributed by atoms with Crippen molar-refractivity contribution in [1.29, 1.82) is 0 Å². The molecule has 4 rings (SSSR count). The number of aromatic nitrogens is 2. The average molecular weight is 587 g/mol. The largest absolute Gasteiger partial charge is 0.490 e. The molecule has 2 N–H and O–H groups in total. The minimum Gasteiger partial charge on any atom is -0.475 e. The Balaban J connectivity index is 0.000000317. The molecule has 0 spiro atoms. The number of carboxylic acids is 2. The first kappa shape index (κ1) is 31.7. The molecule has 0 bridgehead atoms. The van der Waals surface area contributed by atoms with Crippen LogP contribution in [0.15, 0.2) is 29.8 Å². The Labute approximate surface area is 221 Å². The molecule has 2 aliphatic rings. The number of alkyl halides is 6. The van der Waals surface area contributed by atoms with Crippen LogP contribution in [0.2, 0.25) is 0 Å². The van der Waals surface area contributed by atoms with Crippen LogP contribution in [-0.4, -0.2) is 88.1 Å². The number of rotatable bonds is 4. The van der Waals surface area contributed by atoms with Gasteiger partial charge >= 0.3 is 24.3 Å². The van der Waals surface area contributed by atoms with E-state index in [0.29, 0.717) is 26.2 Å². The van der Waals surface area contributed by atoms with Crippen LogP contribution in [0.1, 0.15) is 30.3 Å². The maximum Gasteiger partial charge on any atom is 0.490 e. The lowest BCUT2D eigenvalue weighted by molar-refractivity contribution is -0.193. The average Bonchev–Trinajstić information content (AvgIpc) is 3.57. The van der Waals surface area contributed by atoms with Crippen LogP contribution in [0.5, 0.6) is 0 Å². The molecule has 2 fully saturated rings. The molecule has 10 nitrogen and oxygen atoms in total. The highest BCUT2D eigenvalue weighted by atomic mass is 32.1. The third-order valence-corrected chi connectivity index (χ3v) is 6.14. The number of carbonyl (C=O) groups excluding carboxylic acids is 1. The minimum absolute atomic E-state index is 0.0859. The van der Waals surface area contributed by atoms with Crippen molar-refractivity contribution in [2.75, 3.05) is 37.7 Å². The molecule has 4 heterocycles. The molecular formula is C22H24F6N4O6S. The molecule has 17 heteroatoms. The zero-order valence-electron chi connectivity index (χ0n) is 20.1. The van der Waals surface area contributed by atoms with Gasteiger partial charge < -0.3 is 24.7 Å². The maximum atomic E-state index is 12.8. The predicted molar refractivity (Wildman–Crippen MR) is 124 cm³/mol. The number of hydrogen-bond acceptors (Lipinski definition) is 8. The molecule has 39 heavy (non-hydrogen) atoms. The molecule has 2 saturated heterocycles. The number of ether oxygens (including phenoxy) is 1. The van der Waals surface area contributed by atoms with Gasteiger partial charge in [0.15, 0.2) is 5.13 Å². The molecule has 2 aromatic rings. The van der Waals surface area contributed by atoms with Crippen LogP contribution in [0.3, 0.4) is 0 Å². The number of nitrogens with zero attached hydrogens (tertiary/aromatic N) is 4. The third-order valence-electron chi connectivity index (χ3n) is 5.22. The second-order valence-corrected chi connectivity index (χ2v) is 8.87. The van der Waals surface area contributed by atoms with E-state index < -0.39 is 24.3 Å². The van der Waals surface area contributed by atoms with Crippen molar-refractivity contribution >= 4 is 34.3 Å². The highest BCUT2D eigenvalue weighted by Crippen LogP contribution is 2.31. The fourth-order valence-corrected chi connectivity index (χ4v) is 4.32. The third kappa shape index (κ3) is 10.3. The van der Waals surface area contributed by atoms with Crippen molar-refractivity contribution in [2.24, 2.45) is 0 Å². The maximum absolute atomic E-state index is 12.8. The predicted octanol–water partition coefficient (Wildman–Crippen LogP) is 3.55. The number of amides is 1. The lowest BCUT2D eigenvalue weighted by atomic mass is 10.1. The number of halogens is 6. The summed E-state index contributed by atoms with van der Waals surface area (Å²) in [5.41, 5.74) is 1.75. The Morgan fingerprint density at radius 3 is 2.10 bits per heavy atom. The van der Waals surface area contributed by atoms with Gasteiger partial charge in [-0.3, -0.25) is 9.78 Å². The van der Waals surface area contributed by atoms with E-state index in [1.807, 2.05) is 23.1 Å². The molecule has 0 aromatic carbocycles. The standard InChI is InChI=1S/C18H22N4O2S.2C2HF3O2/c23-17(11-14-5-1-2-6-19-14)22-9-10-24-12-16(22)15-13-25-18(20-15)21-7-3-4-8-21;2*3-2(4,5)1(6)7/h1-2,5-6,13,16H,3-4,7-12H2;2*(H,6,7). The summed E-state index contributed by atoms with van der Waals surface area (Å²) in [7, 11) is 0. The summed E-state index contributed by atoms with van der Waals surface area (Å²) in [6.07, 6.45) is -5.66. The quantitative estimate of drug-likeness (QED) is 0.516. The van der Waals surface area contributed by atoms with E-state index in [0.717, 1.165) is 29.6 Å². The summed E-state index contributed by atoms with van der Waals surface area (Å²) < 4.78 is 69.1. The van der Waals surface area contributed by atoms with E-state index >= 15 is 0 Å². The summed E-state index contributed by atoms with van der Waals surface area (Å²) in [5, 5.41) is 17.4. The first-order chi connectivity index (χ1) is 18.2. The molecule has 0 radical (unpaired) electrons. The fourth-order valence-electron chi connectivity index (χ4n) is 3.39. The molecule has 216 valence electrons. The van der Waals surface area contributed by atoms with Crippen LogP contribution in [0, 0.1) is 0 Å². The normalized spacial score (nSPS) is 17.4. The lowest BCUT2D eigenvalue weighted by Crippen LogP contribution is -2.44. The first-order valence-corrected chi connectivity index (χ1v) is 12.2. The zero-order valence-corrected chi connectivity index (χ0v) is 20.9. The van der Waals surface area contributed by atoms with Crippen molar-refractivity contribution in [3.8, 4) is 0 Å². The zero-order chi connectivity index (χ0) is 29.2. The van der Waals surface area contributed by atoms with E-state index in [1.54, 1.807) is 17.5 Å². The smallest absolute Gasteiger partial charge is 0.475 e. The van der Waals surface area contributed by atoms with E-state index in [2.05, 4.69) is 15.3 Å². The van der Waals surface area contributed by atoms with Crippen LogP contribution in [0.25, 0.3) is 0 Å². The molecule has 0 saturated carbocycles. The van der Waals surface area contributed by atoms with Crippen molar-refractivity contribution < 1.29 is 55.7 Å². The molecule has 2 aromatic heterocycles. The Kier molecular flexibility index (Phi) is 11.5. The van der Waals surface area contributed by atoms with E-state index in [4.69, 9.17) is 29.5 Å². The van der Waals surface area contributed by atoms with Gasteiger partial charge in [0.1, 0.15) is 0 Å². The Morgan fingerprint density at radius 2 is 1.59 bits per heavy atom. The Hall–Kier alpha value is -3.47. The minimum atomic E-state index is -5.08. The second-order valence-electron chi connectivity index (χ2n) is 8.03. The summed E-state index contributed by atoms with van der Waals surface area (Å²) in [4.78, 5) is 43.9. The number of carbonyl (C=O) groups is 3. The number of hydrogen-bond donors (Lipinski definition) is 2. The number of morpholine rings is 1. The molecule has 2 aliphatic heterocycles. The lowest BCUT2D eigenvalue weighted by Gasteiger charge is -2.34. The summed E-state index contributed by atoms with van der Waals surface area (Å²) in [6.45, 7) is 3.85. The summed E-state index contributed by atoms with van der Waals surface area (Å²) >= 11 is 1.67. The van der Waals surface area contributed by atoms with Crippen LogP contribution >= 0.6 is 11.3 Å². The first-order valence-electron chi connectivity index (χ1n) is 11.3. The number of pyridine rings is 1. The van der Waals surface area contributed by atoms with Gasteiger partial charge in [-0.05, 0) is 25.0 Å². The van der Waals surface area contributed by atoms with E-state index in [1.165, 1.54) is 12.8 Å². The van der Waals surface area contributed by atoms with Gasteiger partial charge in [0.2, 0.25) is 5.91 Å². The molecule has 0 aliphatic carbocycles. The molecule has 1 unspecified atom stereocenters. The Bertz CT molecular complexity index is 1070. The molecular weight excluding hydrogens is 562 g/mol. The Morgan fingerprint density at radius 1 is 1.00 bits per heavy atom. The number of thiazole rings is 1. The van der Waals surface area contributed by atoms with Gasteiger partial charge in [-0.2, -0.15) is 26.3 Å². The van der Waals surface area contributed by atoms with Gasteiger partial charge in [0.25, 0.3) is 0 Å². The molecule has 1 atom stereocenters. The van der Waals surface area contributed by atoms with Gasteiger partial charge in [0.05, 0.1) is 31.4 Å². The highest BCUT2D eigenvalue weighted by Gasteiger charge is 2.39. The van der Waals surface area contributed by atoms with Crippen molar-refractivity contribution in [3.05, 3.63) is 41.2 Å². The summed E-state index contributed by atoms with van der Waals surface area (Å²) in [5.74, 6) is -5.43. The SMILES string of the molecule is O=C(Cc1ccccn1)N1CCOCC1c1csc(N2CCCC2)n1.O=C(O)C(F)(F)F.O=C(O)C(F)(F)F. The van der Waals surface area contributed by atoms with Crippen LogP contribution < -0.4 is 4.90 Å². The van der Waals surface area contributed by atoms with Gasteiger partial charge in [-0.1, -0.05) is 6.07 Å². The van der Waals surface area contributed by atoms with Crippen LogP contribution in [-0.2, 0) is 25.5 Å². The van der Waals surface area contributed by atoms with Crippen LogP contribution in [0.4, 0.5) is 31.5 Å². The van der Waals surface area contributed by atoms with Crippen molar-refractivity contribution in [3.63, 3.8) is 0 Å². The number of anilines is 1.